The number of hydrogen-bond donors (Lipinski definition) is 1. The molecule has 21 heavy (non-hydrogen) atoms. The molecule has 108 valence electrons. The Bertz CT molecular complexity index is 789. The lowest BCUT2D eigenvalue weighted by Gasteiger charge is -2.06. The highest BCUT2D eigenvalue weighted by atomic mass is 32.1. The minimum atomic E-state index is 0.658. The molecule has 2 heterocycles. The van der Waals surface area contributed by atoms with Gasteiger partial charge < -0.3 is 10.5 Å². The van der Waals surface area contributed by atoms with Gasteiger partial charge in [0.25, 0.3) is 0 Å². The minimum Gasteiger partial charge on any atom is -0.495 e. The van der Waals surface area contributed by atoms with Crippen LogP contribution < -0.4 is 10.5 Å². The third kappa shape index (κ3) is 2.29. The zero-order chi connectivity index (χ0) is 15.0. The number of benzene rings is 1. The first kappa shape index (κ1) is 13.7. The minimum absolute atomic E-state index is 0.658. The third-order valence-electron chi connectivity index (χ3n) is 3.46. The van der Waals surface area contributed by atoms with Gasteiger partial charge in [-0.2, -0.15) is 5.10 Å². The van der Waals surface area contributed by atoms with Crippen LogP contribution in [-0.4, -0.2) is 16.9 Å². The molecule has 4 nitrogen and oxygen atoms in total. The third-order valence-corrected chi connectivity index (χ3v) is 4.36. The van der Waals surface area contributed by atoms with Gasteiger partial charge >= 0.3 is 0 Å². The van der Waals surface area contributed by atoms with Crippen LogP contribution in [0.5, 0.6) is 5.75 Å². The molecular formula is C16H17N3OS. The summed E-state index contributed by atoms with van der Waals surface area (Å²) in [6.07, 6.45) is 0. The monoisotopic (exact) mass is 299 g/mol. The summed E-state index contributed by atoms with van der Waals surface area (Å²) in [5.74, 6) is 1.48. The predicted molar refractivity (Wildman–Crippen MR) is 87.7 cm³/mol. The second-order valence-corrected chi connectivity index (χ2v) is 5.84. The van der Waals surface area contributed by atoms with E-state index in [1.54, 1.807) is 23.1 Å². The molecule has 0 unspecified atom stereocenters. The van der Waals surface area contributed by atoms with Crippen molar-refractivity contribution in [3.8, 4) is 27.4 Å². The van der Waals surface area contributed by atoms with Gasteiger partial charge in [-0.1, -0.05) is 29.8 Å². The number of methoxy groups -OCH3 is 1. The van der Waals surface area contributed by atoms with Gasteiger partial charge in [-0.25, -0.2) is 0 Å². The van der Waals surface area contributed by atoms with Crippen LogP contribution in [-0.2, 0) is 7.05 Å². The Balaban J connectivity index is 2.26. The molecule has 3 rings (SSSR count). The smallest absolute Gasteiger partial charge is 0.139 e. The molecule has 0 atom stereocenters. The fourth-order valence-electron chi connectivity index (χ4n) is 2.41. The van der Waals surface area contributed by atoms with Crippen molar-refractivity contribution in [2.24, 2.45) is 7.05 Å². The predicted octanol–water partition coefficient (Wildman–Crippen LogP) is 3.71. The molecule has 2 aromatic heterocycles. The Morgan fingerprint density at radius 1 is 1.29 bits per heavy atom. The van der Waals surface area contributed by atoms with Gasteiger partial charge in [0.1, 0.15) is 17.3 Å². The number of nitrogens with zero attached hydrogens (tertiary/aromatic N) is 2. The summed E-state index contributed by atoms with van der Waals surface area (Å²) in [7, 11) is 3.53. The van der Waals surface area contributed by atoms with Gasteiger partial charge in [0.15, 0.2) is 0 Å². The second-order valence-electron chi connectivity index (χ2n) is 4.92. The summed E-state index contributed by atoms with van der Waals surface area (Å²) in [6.45, 7) is 2.07. The van der Waals surface area contributed by atoms with Crippen molar-refractivity contribution < 1.29 is 4.74 Å². The number of aryl methyl sites for hydroxylation is 2. The van der Waals surface area contributed by atoms with Crippen LogP contribution in [0.4, 0.5) is 5.82 Å². The van der Waals surface area contributed by atoms with E-state index in [0.29, 0.717) is 5.82 Å². The number of anilines is 1. The van der Waals surface area contributed by atoms with Crippen molar-refractivity contribution in [2.45, 2.75) is 6.92 Å². The molecule has 0 fully saturated rings. The molecule has 0 spiro atoms. The Kier molecular flexibility index (Phi) is 3.43. The standard InChI is InChI=1S/C16H17N3OS/c1-10-5-4-6-11(9-10)13-14(18-19(2)16(13)17)15-12(20-3)7-8-21-15/h4-9H,17H2,1-3H3. The maximum atomic E-state index is 6.25. The van der Waals surface area contributed by atoms with Crippen LogP contribution >= 0.6 is 11.3 Å². The summed E-state index contributed by atoms with van der Waals surface area (Å²) in [5, 5.41) is 6.59. The van der Waals surface area contributed by atoms with E-state index < -0.39 is 0 Å². The highest BCUT2D eigenvalue weighted by Gasteiger charge is 2.21. The lowest BCUT2D eigenvalue weighted by atomic mass is 10.0. The van der Waals surface area contributed by atoms with Gasteiger partial charge in [-0.05, 0) is 23.9 Å². The summed E-state index contributed by atoms with van der Waals surface area (Å²) in [5.41, 5.74) is 10.3. The first-order valence-electron chi connectivity index (χ1n) is 6.63. The van der Waals surface area contributed by atoms with Crippen LogP contribution in [0.3, 0.4) is 0 Å². The van der Waals surface area contributed by atoms with E-state index in [-0.39, 0.29) is 0 Å². The van der Waals surface area contributed by atoms with Crippen LogP contribution in [0.1, 0.15) is 5.56 Å². The molecule has 0 amide bonds. The van der Waals surface area contributed by atoms with Crippen molar-refractivity contribution in [3.63, 3.8) is 0 Å². The van der Waals surface area contributed by atoms with Gasteiger partial charge in [0.05, 0.1) is 17.6 Å². The van der Waals surface area contributed by atoms with E-state index in [4.69, 9.17) is 10.5 Å². The highest BCUT2D eigenvalue weighted by Crippen LogP contribution is 2.42. The SMILES string of the molecule is COc1ccsc1-c1nn(C)c(N)c1-c1cccc(C)c1. The van der Waals surface area contributed by atoms with Crippen molar-refractivity contribution in [2.75, 3.05) is 12.8 Å². The molecule has 0 saturated carbocycles. The van der Waals surface area contributed by atoms with E-state index in [1.807, 2.05) is 24.6 Å². The number of hydrogen-bond acceptors (Lipinski definition) is 4. The fourth-order valence-corrected chi connectivity index (χ4v) is 3.26. The largest absolute Gasteiger partial charge is 0.495 e. The fraction of sp³-hybridized carbons (Fsp3) is 0.188. The Morgan fingerprint density at radius 3 is 2.81 bits per heavy atom. The number of nitrogens with two attached hydrogens (primary N) is 1. The normalized spacial score (nSPS) is 10.8. The topological polar surface area (TPSA) is 53.1 Å². The number of ether oxygens (including phenoxy) is 1. The zero-order valence-electron chi connectivity index (χ0n) is 12.3. The summed E-state index contributed by atoms with van der Waals surface area (Å²) in [6, 6.07) is 10.2. The number of aromatic nitrogens is 2. The lowest BCUT2D eigenvalue weighted by molar-refractivity contribution is 0.418. The van der Waals surface area contributed by atoms with E-state index in [2.05, 4.69) is 30.2 Å². The Labute approximate surface area is 127 Å². The molecule has 3 aromatic rings. The lowest BCUT2D eigenvalue weighted by Crippen LogP contribution is -1.98. The van der Waals surface area contributed by atoms with Crippen LogP contribution in [0.2, 0.25) is 0 Å². The van der Waals surface area contributed by atoms with Gasteiger partial charge in [-0.15, -0.1) is 11.3 Å². The first-order chi connectivity index (χ1) is 10.1. The average Bonchev–Trinajstić information content (AvgIpc) is 3.04. The average molecular weight is 299 g/mol. The van der Waals surface area contributed by atoms with Crippen molar-refractivity contribution in [1.29, 1.82) is 0 Å². The Hall–Kier alpha value is -2.27. The molecule has 0 aliphatic carbocycles. The van der Waals surface area contributed by atoms with E-state index >= 15 is 0 Å². The van der Waals surface area contributed by atoms with Crippen molar-refractivity contribution in [3.05, 3.63) is 41.3 Å². The molecule has 0 aliphatic rings. The Morgan fingerprint density at radius 2 is 2.10 bits per heavy atom. The van der Waals surface area contributed by atoms with Gasteiger partial charge in [0, 0.05) is 7.05 Å². The highest BCUT2D eigenvalue weighted by molar-refractivity contribution is 7.14. The molecule has 5 heteroatoms. The van der Waals surface area contributed by atoms with Crippen molar-refractivity contribution >= 4 is 17.2 Å². The number of thiophene rings is 1. The molecule has 0 radical (unpaired) electrons. The second kappa shape index (κ2) is 5.26. The van der Waals surface area contributed by atoms with E-state index in [1.165, 1.54) is 5.56 Å². The molecule has 0 aliphatic heterocycles. The molecule has 0 saturated heterocycles. The van der Waals surface area contributed by atoms with Crippen LogP contribution in [0.25, 0.3) is 21.7 Å². The molecule has 2 N–H and O–H groups in total. The number of rotatable bonds is 3. The van der Waals surface area contributed by atoms with Crippen molar-refractivity contribution in [1.82, 2.24) is 9.78 Å². The first-order valence-corrected chi connectivity index (χ1v) is 7.51. The maximum absolute atomic E-state index is 6.25. The quantitative estimate of drug-likeness (QED) is 0.802. The molecule has 0 bridgehead atoms. The van der Waals surface area contributed by atoms with Gasteiger partial charge in [0.2, 0.25) is 0 Å². The molecule has 1 aromatic carbocycles. The summed E-state index contributed by atoms with van der Waals surface area (Å²) < 4.78 is 7.14. The van der Waals surface area contributed by atoms with E-state index in [9.17, 15) is 0 Å². The molecular weight excluding hydrogens is 282 g/mol. The zero-order valence-corrected chi connectivity index (χ0v) is 13.1. The van der Waals surface area contributed by atoms with Crippen LogP contribution in [0.15, 0.2) is 35.7 Å². The number of nitrogen functional groups attached to an aromatic ring is 1. The maximum Gasteiger partial charge on any atom is 0.139 e. The summed E-state index contributed by atoms with van der Waals surface area (Å²) >= 11 is 1.61. The van der Waals surface area contributed by atoms with E-state index in [0.717, 1.165) is 27.4 Å². The van der Waals surface area contributed by atoms with Crippen LogP contribution in [0, 0.1) is 6.92 Å². The summed E-state index contributed by atoms with van der Waals surface area (Å²) in [4.78, 5) is 1.00. The van der Waals surface area contributed by atoms with Gasteiger partial charge in [-0.3, -0.25) is 4.68 Å².